The molecule has 1 aromatic heterocycles. The summed E-state index contributed by atoms with van der Waals surface area (Å²) in [6.45, 7) is 5.89. The summed E-state index contributed by atoms with van der Waals surface area (Å²) in [6.07, 6.45) is 4.12. The Labute approximate surface area is 129 Å². The van der Waals surface area contributed by atoms with Gasteiger partial charge in [-0.1, -0.05) is 44.4 Å². The molecule has 0 bridgehead atoms. The lowest BCUT2D eigenvalue weighted by molar-refractivity contribution is -0.114. The fraction of sp³-hybridized carbons (Fsp3) is 0.750. The molecule has 0 aliphatic heterocycles. The van der Waals surface area contributed by atoms with E-state index < -0.39 is 10.0 Å². The maximum Gasteiger partial charge on any atom is 0.269 e. The fourth-order valence-electron chi connectivity index (χ4n) is 1.75. The van der Waals surface area contributed by atoms with Gasteiger partial charge in [-0.3, -0.25) is 4.79 Å². The van der Waals surface area contributed by atoms with Gasteiger partial charge in [0.1, 0.15) is 0 Å². The average Bonchev–Trinajstić information content (AvgIpc) is 2.87. The summed E-state index contributed by atoms with van der Waals surface area (Å²) in [5, 5.41) is 9.84. The molecule has 120 valence electrons. The van der Waals surface area contributed by atoms with E-state index in [-0.39, 0.29) is 15.4 Å². The van der Waals surface area contributed by atoms with E-state index in [4.69, 9.17) is 0 Å². The Hall–Kier alpha value is -1.06. The summed E-state index contributed by atoms with van der Waals surface area (Å²) >= 11 is 0.841. The van der Waals surface area contributed by atoms with Crippen molar-refractivity contribution < 1.29 is 13.2 Å². The van der Waals surface area contributed by atoms with E-state index in [0.29, 0.717) is 12.5 Å². The highest BCUT2D eigenvalue weighted by molar-refractivity contribution is 7.91. The van der Waals surface area contributed by atoms with Crippen LogP contribution < -0.4 is 10.0 Å². The number of amides is 1. The molecule has 9 heteroatoms. The van der Waals surface area contributed by atoms with Crippen molar-refractivity contribution in [3.05, 3.63) is 0 Å². The lowest BCUT2D eigenvalue weighted by Gasteiger charge is -2.14. The zero-order chi connectivity index (χ0) is 15.9. The smallest absolute Gasteiger partial charge is 0.269 e. The highest BCUT2D eigenvalue weighted by atomic mass is 32.2. The molecular weight excluding hydrogens is 312 g/mol. The number of hydrogen-bond acceptors (Lipinski definition) is 6. The largest absolute Gasteiger partial charge is 0.301 e. The van der Waals surface area contributed by atoms with Crippen molar-refractivity contribution in [2.45, 2.75) is 50.8 Å². The highest BCUT2D eigenvalue weighted by Crippen LogP contribution is 2.20. The SMILES string of the molecule is CCCC[C@H](CC)CNS(=O)(=O)c1nnc(NC(C)=O)s1. The minimum Gasteiger partial charge on any atom is -0.301 e. The first-order chi connectivity index (χ1) is 9.89. The van der Waals surface area contributed by atoms with Crippen LogP contribution in [-0.2, 0) is 14.8 Å². The molecule has 21 heavy (non-hydrogen) atoms. The van der Waals surface area contributed by atoms with Crippen LogP contribution in [-0.4, -0.2) is 31.1 Å². The van der Waals surface area contributed by atoms with Gasteiger partial charge >= 0.3 is 0 Å². The van der Waals surface area contributed by atoms with Gasteiger partial charge in [0.25, 0.3) is 10.0 Å². The lowest BCUT2D eigenvalue weighted by Crippen LogP contribution is -2.29. The van der Waals surface area contributed by atoms with Gasteiger partial charge in [0.15, 0.2) is 0 Å². The van der Waals surface area contributed by atoms with Gasteiger partial charge in [-0.15, -0.1) is 10.2 Å². The molecule has 0 saturated carbocycles. The Morgan fingerprint density at radius 1 is 1.33 bits per heavy atom. The molecule has 1 amide bonds. The maximum absolute atomic E-state index is 12.1. The molecular formula is C12H22N4O3S2. The van der Waals surface area contributed by atoms with E-state index in [9.17, 15) is 13.2 Å². The third-order valence-electron chi connectivity index (χ3n) is 3.02. The van der Waals surface area contributed by atoms with Crippen molar-refractivity contribution in [3.63, 3.8) is 0 Å². The number of hydrogen-bond donors (Lipinski definition) is 2. The number of sulfonamides is 1. The van der Waals surface area contributed by atoms with Crippen LogP contribution in [0.2, 0.25) is 0 Å². The second-order valence-corrected chi connectivity index (χ2v) is 7.74. The van der Waals surface area contributed by atoms with Gasteiger partial charge in [0.05, 0.1) is 0 Å². The first kappa shape index (κ1) is 18.0. The zero-order valence-corrected chi connectivity index (χ0v) is 14.2. The van der Waals surface area contributed by atoms with Gasteiger partial charge in [-0.25, -0.2) is 13.1 Å². The van der Waals surface area contributed by atoms with Crippen molar-refractivity contribution in [2.24, 2.45) is 5.92 Å². The third-order valence-corrected chi connectivity index (χ3v) is 5.65. The predicted octanol–water partition coefficient (Wildman–Crippen LogP) is 1.99. The van der Waals surface area contributed by atoms with E-state index in [1.807, 2.05) is 0 Å². The van der Waals surface area contributed by atoms with Crippen molar-refractivity contribution in [2.75, 3.05) is 11.9 Å². The van der Waals surface area contributed by atoms with Gasteiger partial charge in [0, 0.05) is 13.5 Å². The molecule has 0 unspecified atom stereocenters. The number of anilines is 1. The second kappa shape index (κ2) is 8.40. The van der Waals surface area contributed by atoms with Gasteiger partial charge in [-0.2, -0.15) is 0 Å². The molecule has 1 rings (SSSR count). The monoisotopic (exact) mass is 334 g/mol. The van der Waals surface area contributed by atoms with Crippen molar-refractivity contribution in [3.8, 4) is 0 Å². The number of aromatic nitrogens is 2. The summed E-state index contributed by atoms with van der Waals surface area (Å²) in [6, 6.07) is 0. The molecule has 0 radical (unpaired) electrons. The normalized spacial score (nSPS) is 13.1. The summed E-state index contributed by atoms with van der Waals surface area (Å²) < 4.78 is 26.7. The molecule has 7 nitrogen and oxygen atoms in total. The van der Waals surface area contributed by atoms with Crippen LogP contribution in [0.3, 0.4) is 0 Å². The van der Waals surface area contributed by atoms with Gasteiger partial charge in [-0.05, 0) is 12.3 Å². The average molecular weight is 334 g/mol. The maximum atomic E-state index is 12.1. The third kappa shape index (κ3) is 6.06. The zero-order valence-electron chi connectivity index (χ0n) is 12.5. The number of carbonyl (C=O) groups is 1. The minimum absolute atomic E-state index is 0.128. The Morgan fingerprint density at radius 3 is 2.62 bits per heavy atom. The summed E-state index contributed by atoms with van der Waals surface area (Å²) in [4.78, 5) is 10.9. The number of nitrogens with zero attached hydrogens (tertiary/aromatic N) is 2. The minimum atomic E-state index is -3.66. The van der Waals surface area contributed by atoms with E-state index in [0.717, 1.165) is 37.0 Å². The predicted molar refractivity (Wildman–Crippen MR) is 82.7 cm³/mol. The van der Waals surface area contributed by atoms with Crippen LogP contribution in [0.5, 0.6) is 0 Å². The first-order valence-electron chi connectivity index (χ1n) is 6.99. The molecule has 2 N–H and O–H groups in total. The van der Waals surface area contributed by atoms with Crippen LogP contribution >= 0.6 is 11.3 Å². The second-order valence-electron chi connectivity index (χ2n) is 4.82. The van der Waals surface area contributed by atoms with E-state index >= 15 is 0 Å². The van der Waals surface area contributed by atoms with Crippen LogP contribution in [0, 0.1) is 5.92 Å². The van der Waals surface area contributed by atoms with Crippen molar-refractivity contribution >= 4 is 32.4 Å². The van der Waals surface area contributed by atoms with E-state index in [1.165, 1.54) is 6.92 Å². The Bertz CT molecular complexity index is 557. The molecule has 1 atom stereocenters. The molecule has 1 aromatic rings. The van der Waals surface area contributed by atoms with Crippen LogP contribution in [0.15, 0.2) is 4.34 Å². The summed E-state index contributed by atoms with van der Waals surface area (Å²) in [5.41, 5.74) is 0. The Kier molecular flexibility index (Phi) is 7.20. The quantitative estimate of drug-likeness (QED) is 0.673. The molecule has 0 spiro atoms. The highest BCUT2D eigenvalue weighted by Gasteiger charge is 2.21. The summed E-state index contributed by atoms with van der Waals surface area (Å²) in [7, 11) is -3.66. The molecule has 0 aliphatic rings. The standard InChI is InChI=1S/C12H22N4O3S2/c1-4-6-7-10(5-2)8-13-21(18,19)12-16-15-11(20-12)14-9(3)17/h10,13H,4-8H2,1-3H3,(H,14,15,17)/t10-/m0/s1. The number of rotatable bonds is 9. The van der Waals surface area contributed by atoms with Gasteiger partial charge < -0.3 is 5.32 Å². The van der Waals surface area contributed by atoms with Crippen LogP contribution in [0.25, 0.3) is 0 Å². The number of carbonyl (C=O) groups excluding carboxylic acids is 1. The topological polar surface area (TPSA) is 101 Å². The molecule has 1 heterocycles. The van der Waals surface area contributed by atoms with E-state index in [1.54, 1.807) is 0 Å². The van der Waals surface area contributed by atoms with E-state index in [2.05, 4.69) is 34.1 Å². The molecule has 0 fully saturated rings. The first-order valence-corrected chi connectivity index (χ1v) is 9.29. The number of nitrogens with one attached hydrogen (secondary N) is 2. The number of unbranched alkanes of at least 4 members (excludes halogenated alkanes) is 1. The van der Waals surface area contributed by atoms with Crippen molar-refractivity contribution in [1.82, 2.24) is 14.9 Å². The molecule has 0 aromatic carbocycles. The van der Waals surface area contributed by atoms with Gasteiger partial charge in [0.2, 0.25) is 15.4 Å². The van der Waals surface area contributed by atoms with Crippen LogP contribution in [0.4, 0.5) is 5.13 Å². The molecule has 0 saturated heterocycles. The molecule has 0 aliphatic carbocycles. The lowest BCUT2D eigenvalue weighted by atomic mass is 10.00. The Balaban J connectivity index is 2.64. The summed E-state index contributed by atoms with van der Waals surface area (Å²) in [5.74, 6) is 0.0103. The Morgan fingerprint density at radius 2 is 2.05 bits per heavy atom. The fourth-order valence-corrected chi connectivity index (χ4v) is 3.85. The van der Waals surface area contributed by atoms with Crippen LogP contribution in [0.1, 0.15) is 46.5 Å². The van der Waals surface area contributed by atoms with Crippen molar-refractivity contribution in [1.29, 1.82) is 0 Å².